The molecular weight excluding hydrogens is 588 g/mol. The second-order valence-electron chi connectivity index (χ2n) is 10.5. The van der Waals surface area contributed by atoms with Gasteiger partial charge < -0.3 is 68.6 Å². The highest BCUT2D eigenvalue weighted by molar-refractivity contribution is 5.91. The standard InChI is InChI=1S/C29H34O15/c1-11-19(30)23(34)25(36)28(42-11)41-10-17-21(32)24(35)26(37)29(44-17)43-16-8-15-18(22(33)27(16)39-3)20(31)14(9-40-15)12-4-6-13(38-2)7-5-12/h4-9,11,17,19,21,23-26,28-30,32-37H,10H2,1-3H3/t11-,17+,19-,21+,23+,24-,25+,26+,28+,29+/m0/s1. The van der Waals surface area contributed by atoms with Gasteiger partial charge in [0, 0.05) is 6.07 Å². The van der Waals surface area contributed by atoms with Gasteiger partial charge in [-0.15, -0.1) is 0 Å². The van der Waals surface area contributed by atoms with E-state index in [1.165, 1.54) is 33.5 Å². The topological polar surface area (TPSA) is 227 Å². The van der Waals surface area contributed by atoms with E-state index < -0.39 is 79.2 Å². The molecule has 0 unspecified atom stereocenters. The average Bonchev–Trinajstić information content (AvgIpc) is 3.02. The molecule has 2 aromatic carbocycles. The Bertz CT molecular complexity index is 1510. The maximum Gasteiger partial charge on any atom is 0.229 e. The van der Waals surface area contributed by atoms with Crippen LogP contribution < -0.4 is 19.6 Å². The molecule has 240 valence electrons. The number of phenols is 1. The summed E-state index contributed by atoms with van der Waals surface area (Å²) in [5.41, 5.74) is -0.00112. The Morgan fingerprint density at radius 3 is 2.14 bits per heavy atom. The molecule has 0 aliphatic carbocycles. The zero-order valence-electron chi connectivity index (χ0n) is 23.8. The van der Waals surface area contributed by atoms with Gasteiger partial charge in [-0.2, -0.15) is 0 Å². The van der Waals surface area contributed by atoms with Crippen LogP contribution in [-0.4, -0.2) is 118 Å². The van der Waals surface area contributed by atoms with Gasteiger partial charge in [0.2, 0.25) is 17.5 Å². The van der Waals surface area contributed by atoms with E-state index in [9.17, 15) is 40.5 Å². The second-order valence-corrected chi connectivity index (χ2v) is 10.5. The highest BCUT2D eigenvalue weighted by Gasteiger charge is 2.47. The molecule has 0 saturated carbocycles. The summed E-state index contributed by atoms with van der Waals surface area (Å²) in [6.07, 6.45) is -13.9. The van der Waals surface area contributed by atoms with Crippen molar-refractivity contribution in [1.29, 1.82) is 0 Å². The molecule has 15 nitrogen and oxygen atoms in total. The first-order chi connectivity index (χ1) is 21.0. The smallest absolute Gasteiger partial charge is 0.229 e. The molecule has 3 heterocycles. The third-order valence-corrected chi connectivity index (χ3v) is 7.71. The van der Waals surface area contributed by atoms with E-state index in [2.05, 4.69) is 0 Å². The molecule has 1 aromatic heterocycles. The van der Waals surface area contributed by atoms with E-state index in [1.54, 1.807) is 24.3 Å². The predicted molar refractivity (Wildman–Crippen MR) is 148 cm³/mol. The van der Waals surface area contributed by atoms with Gasteiger partial charge in [0.05, 0.1) is 32.5 Å². The fourth-order valence-corrected chi connectivity index (χ4v) is 5.10. The number of hydrogen-bond acceptors (Lipinski definition) is 15. The lowest BCUT2D eigenvalue weighted by Crippen LogP contribution is -2.61. The fourth-order valence-electron chi connectivity index (χ4n) is 5.10. The van der Waals surface area contributed by atoms with Crippen molar-refractivity contribution in [3.05, 3.63) is 46.8 Å². The van der Waals surface area contributed by atoms with E-state index in [-0.39, 0.29) is 28.0 Å². The largest absolute Gasteiger partial charge is 0.504 e. The van der Waals surface area contributed by atoms with Crippen LogP contribution in [0.2, 0.25) is 0 Å². The van der Waals surface area contributed by atoms with E-state index in [1.807, 2.05) is 0 Å². The molecule has 2 aliphatic heterocycles. The summed E-state index contributed by atoms with van der Waals surface area (Å²) in [7, 11) is 2.71. The van der Waals surface area contributed by atoms with Gasteiger partial charge in [0.1, 0.15) is 65.7 Å². The van der Waals surface area contributed by atoms with Crippen LogP contribution in [-0.2, 0) is 14.2 Å². The molecule has 0 amide bonds. The first-order valence-electron chi connectivity index (χ1n) is 13.6. The van der Waals surface area contributed by atoms with Gasteiger partial charge >= 0.3 is 0 Å². The Labute approximate surface area is 249 Å². The summed E-state index contributed by atoms with van der Waals surface area (Å²) in [6, 6.07) is 7.85. The third kappa shape index (κ3) is 5.81. The fraction of sp³-hybridized carbons (Fsp3) is 0.483. The number of methoxy groups -OCH3 is 2. The summed E-state index contributed by atoms with van der Waals surface area (Å²) in [5, 5.41) is 72.6. The van der Waals surface area contributed by atoms with Crippen molar-refractivity contribution in [3.8, 4) is 34.1 Å². The Morgan fingerprint density at radius 1 is 0.818 bits per heavy atom. The summed E-state index contributed by atoms with van der Waals surface area (Å²) in [6.45, 7) is 0.950. The Kier molecular flexibility index (Phi) is 9.31. The Hall–Kier alpha value is -3.51. The second kappa shape index (κ2) is 12.8. The van der Waals surface area contributed by atoms with Gasteiger partial charge in [0.15, 0.2) is 17.8 Å². The van der Waals surface area contributed by atoms with Gasteiger partial charge in [-0.1, -0.05) is 12.1 Å². The molecule has 5 rings (SSSR count). The lowest BCUT2D eigenvalue weighted by Gasteiger charge is -2.42. The molecule has 2 saturated heterocycles. The molecule has 0 spiro atoms. The average molecular weight is 623 g/mol. The van der Waals surface area contributed by atoms with Crippen LogP contribution in [0.25, 0.3) is 22.1 Å². The number of fused-ring (bicyclic) bond motifs is 1. The van der Waals surface area contributed by atoms with Crippen LogP contribution in [0.1, 0.15) is 6.92 Å². The SMILES string of the molecule is COc1ccc(-c2coc3cc(O[C@@H]4O[C@H](CO[C@@H]5O[C@@H](C)[C@H](O)[C@@H](O)[C@H]5O)[C@@H](O)[C@H](O)[C@H]4O)c(OC)c(O)c3c2=O)cc1. The number of benzene rings is 2. The number of hydrogen-bond donors (Lipinski definition) is 7. The van der Waals surface area contributed by atoms with Crippen molar-refractivity contribution >= 4 is 11.0 Å². The molecule has 7 N–H and O–H groups in total. The van der Waals surface area contributed by atoms with Gasteiger partial charge in [-0.05, 0) is 24.6 Å². The summed E-state index contributed by atoms with van der Waals surface area (Å²) < 4.78 is 38.4. The zero-order chi connectivity index (χ0) is 31.9. The minimum Gasteiger partial charge on any atom is -0.504 e. The number of aliphatic hydroxyl groups excluding tert-OH is 6. The Morgan fingerprint density at radius 2 is 1.48 bits per heavy atom. The first-order valence-corrected chi connectivity index (χ1v) is 13.6. The van der Waals surface area contributed by atoms with Crippen molar-refractivity contribution in [1.82, 2.24) is 0 Å². The lowest BCUT2D eigenvalue weighted by molar-refractivity contribution is -0.318. The Balaban J connectivity index is 1.39. The molecule has 10 atom stereocenters. The quantitative estimate of drug-likeness (QED) is 0.163. The van der Waals surface area contributed by atoms with E-state index in [0.717, 1.165) is 0 Å². The van der Waals surface area contributed by atoms with E-state index in [4.69, 9.17) is 32.8 Å². The zero-order valence-corrected chi connectivity index (χ0v) is 23.8. The molecule has 2 aliphatic rings. The summed E-state index contributed by atoms with van der Waals surface area (Å²) in [4.78, 5) is 13.4. The van der Waals surface area contributed by atoms with Crippen LogP contribution >= 0.6 is 0 Å². The monoisotopic (exact) mass is 622 g/mol. The highest BCUT2D eigenvalue weighted by atomic mass is 16.7. The molecular formula is C29H34O15. The number of aromatic hydroxyl groups is 1. The van der Waals surface area contributed by atoms with Gasteiger partial charge in [0.25, 0.3) is 0 Å². The molecule has 2 fully saturated rings. The molecule has 44 heavy (non-hydrogen) atoms. The van der Waals surface area contributed by atoms with Crippen molar-refractivity contribution in [3.63, 3.8) is 0 Å². The van der Waals surface area contributed by atoms with Crippen molar-refractivity contribution in [2.24, 2.45) is 0 Å². The highest BCUT2D eigenvalue weighted by Crippen LogP contribution is 2.43. The van der Waals surface area contributed by atoms with Crippen LogP contribution in [0.3, 0.4) is 0 Å². The van der Waals surface area contributed by atoms with Crippen molar-refractivity contribution in [2.75, 3.05) is 20.8 Å². The normalized spacial score (nSPS) is 32.4. The molecule has 15 heteroatoms. The molecule has 0 radical (unpaired) electrons. The maximum atomic E-state index is 13.4. The minimum atomic E-state index is -1.80. The van der Waals surface area contributed by atoms with Gasteiger partial charge in [-0.3, -0.25) is 4.79 Å². The van der Waals surface area contributed by atoms with E-state index >= 15 is 0 Å². The number of rotatable bonds is 8. The van der Waals surface area contributed by atoms with Gasteiger partial charge in [-0.25, -0.2) is 0 Å². The van der Waals surface area contributed by atoms with Crippen LogP contribution in [0.5, 0.6) is 23.0 Å². The summed E-state index contributed by atoms with van der Waals surface area (Å²) in [5.74, 6) is -0.576. The van der Waals surface area contributed by atoms with E-state index in [0.29, 0.717) is 11.3 Å². The third-order valence-electron chi connectivity index (χ3n) is 7.71. The van der Waals surface area contributed by atoms with Crippen LogP contribution in [0.4, 0.5) is 0 Å². The number of ether oxygens (including phenoxy) is 6. The van der Waals surface area contributed by atoms with Crippen molar-refractivity contribution in [2.45, 2.75) is 68.3 Å². The minimum absolute atomic E-state index is 0.0929. The lowest BCUT2D eigenvalue weighted by atomic mass is 9.98. The number of aliphatic hydroxyl groups is 6. The maximum absolute atomic E-state index is 13.4. The molecule has 3 aromatic rings. The first kappa shape index (κ1) is 31.9. The van der Waals surface area contributed by atoms with Crippen LogP contribution in [0, 0.1) is 0 Å². The predicted octanol–water partition coefficient (Wildman–Crippen LogP) is -0.787. The van der Waals surface area contributed by atoms with Crippen LogP contribution in [0.15, 0.2) is 45.8 Å². The summed E-state index contributed by atoms with van der Waals surface area (Å²) >= 11 is 0. The van der Waals surface area contributed by atoms with Crippen molar-refractivity contribution < 1.29 is 68.6 Å². The molecule has 0 bridgehead atoms. The number of phenolic OH excluding ortho intramolecular Hbond substituents is 1.